The molecule has 3 nitrogen and oxygen atoms in total. The van der Waals surface area contributed by atoms with Crippen LogP contribution in [0.15, 0.2) is 18.2 Å². The van der Waals surface area contributed by atoms with Crippen LogP contribution in [0.4, 0.5) is 9.18 Å². The van der Waals surface area contributed by atoms with Crippen LogP contribution in [0.3, 0.4) is 0 Å². The van der Waals surface area contributed by atoms with Crippen molar-refractivity contribution in [1.29, 1.82) is 0 Å². The van der Waals surface area contributed by atoms with Gasteiger partial charge < -0.3 is 10.1 Å². The molecule has 14 heavy (non-hydrogen) atoms. The lowest BCUT2D eigenvalue weighted by atomic mass is 10.2. The average molecular weight is 218 g/mol. The maximum absolute atomic E-state index is 13.1. The summed E-state index contributed by atoms with van der Waals surface area (Å²) in [6.45, 7) is 0.0546. The van der Waals surface area contributed by atoms with Crippen LogP contribution in [0.25, 0.3) is 0 Å². The molecule has 0 atom stereocenters. The number of halogens is 2. The molecule has 0 saturated heterocycles. The number of rotatable bonds is 2. The first-order valence-corrected chi connectivity index (χ1v) is 4.27. The number of carbonyl (C=O) groups excluding carboxylic acids is 1. The Kier molecular flexibility index (Phi) is 3.71. The van der Waals surface area contributed by atoms with Gasteiger partial charge in [-0.3, -0.25) is 0 Å². The maximum Gasteiger partial charge on any atom is 0.407 e. The van der Waals surface area contributed by atoms with Gasteiger partial charge in [0.05, 0.1) is 7.11 Å². The Hall–Kier alpha value is -1.29. The van der Waals surface area contributed by atoms with E-state index in [0.717, 1.165) is 0 Å². The molecule has 0 spiro atoms. The number of benzene rings is 1. The first-order valence-electron chi connectivity index (χ1n) is 3.89. The van der Waals surface area contributed by atoms with E-state index in [1.807, 2.05) is 0 Å². The Labute approximate surface area is 85.8 Å². The Morgan fingerprint density at radius 3 is 3.00 bits per heavy atom. The van der Waals surface area contributed by atoms with Crippen LogP contribution < -0.4 is 5.32 Å². The molecule has 5 heteroatoms. The predicted molar refractivity (Wildman–Crippen MR) is 50.7 cm³/mol. The number of alkyl carbamates (subject to hydrolysis) is 1. The molecule has 0 saturated carbocycles. The van der Waals surface area contributed by atoms with Crippen molar-refractivity contribution in [3.05, 3.63) is 34.6 Å². The minimum Gasteiger partial charge on any atom is -0.453 e. The second-order valence-corrected chi connectivity index (χ2v) is 3.02. The number of hydrogen-bond donors (Lipinski definition) is 1. The summed E-state index contributed by atoms with van der Waals surface area (Å²) < 4.78 is 17.4. The summed E-state index contributed by atoms with van der Waals surface area (Å²) in [7, 11) is 1.24. The van der Waals surface area contributed by atoms with Crippen molar-refractivity contribution in [1.82, 2.24) is 5.32 Å². The normalized spacial score (nSPS) is 9.64. The third-order valence-electron chi connectivity index (χ3n) is 1.62. The first-order chi connectivity index (χ1) is 6.63. The highest BCUT2D eigenvalue weighted by Gasteiger charge is 2.04. The van der Waals surface area contributed by atoms with E-state index in [4.69, 9.17) is 11.6 Å². The zero-order valence-electron chi connectivity index (χ0n) is 7.51. The van der Waals surface area contributed by atoms with E-state index < -0.39 is 11.9 Å². The number of carbonyl (C=O) groups is 1. The molecule has 0 heterocycles. The monoisotopic (exact) mass is 217 g/mol. The number of ether oxygens (including phenoxy) is 1. The van der Waals surface area contributed by atoms with E-state index in [0.29, 0.717) is 10.6 Å². The van der Waals surface area contributed by atoms with Crippen LogP contribution in [0.2, 0.25) is 5.02 Å². The van der Waals surface area contributed by atoms with Crippen LogP contribution in [-0.4, -0.2) is 13.2 Å². The second-order valence-electron chi connectivity index (χ2n) is 2.58. The van der Waals surface area contributed by atoms with Gasteiger partial charge in [0.2, 0.25) is 0 Å². The molecule has 0 fully saturated rings. The molecule has 0 aliphatic heterocycles. The van der Waals surface area contributed by atoms with Gasteiger partial charge in [-0.05, 0) is 18.2 Å². The molecule has 1 aromatic carbocycles. The molecule has 0 aromatic heterocycles. The summed E-state index contributed by atoms with van der Waals surface area (Å²) >= 11 is 5.66. The molecular formula is C9H9ClFNO2. The van der Waals surface area contributed by atoms with Crippen molar-refractivity contribution >= 4 is 17.7 Å². The topological polar surface area (TPSA) is 38.3 Å². The van der Waals surface area contributed by atoms with E-state index >= 15 is 0 Å². The molecule has 0 radical (unpaired) electrons. The standard InChI is InChI=1S/C9H9ClFNO2/c1-14-9(13)12-5-6-4-7(10)2-3-8(6)11/h2-4H,5H2,1H3,(H,12,13). The molecule has 1 aromatic rings. The van der Waals surface area contributed by atoms with Crippen molar-refractivity contribution in [3.63, 3.8) is 0 Å². The van der Waals surface area contributed by atoms with E-state index in [9.17, 15) is 9.18 Å². The van der Waals surface area contributed by atoms with E-state index in [1.165, 1.54) is 25.3 Å². The Balaban J connectivity index is 2.66. The van der Waals surface area contributed by atoms with Crippen molar-refractivity contribution in [2.45, 2.75) is 6.54 Å². The van der Waals surface area contributed by atoms with Gasteiger partial charge in [-0.1, -0.05) is 11.6 Å². The smallest absolute Gasteiger partial charge is 0.407 e. The predicted octanol–water partition coefficient (Wildman–Crippen LogP) is 2.34. The van der Waals surface area contributed by atoms with Crippen LogP contribution in [0, 0.1) is 5.82 Å². The van der Waals surface area contributed by atoms with Gasteiger partial charge in [-0.25, -0.2) is 9.18 Å². The fourth-order valence-electron chi connectivity index (χ4n) is 0.918. The second kappa shape index (κ2) is 4.81. The van der Waals surface area contributed by atoms with E-state index in [-0.39, 0.29) is 6.54 Å². The largest absolute Gasteiger partial charge is 0.453 e. The van der Waals surface area contributed by atoms with Crippen LogP contribution in [0.5, 0.6) is 0 Å². The third-order valence-corrected chi connectivity index (χ3v) is 1.85. The average Bonchev–Trinajstić information content (AvgIpc) is 2.19. The number of amides is 1. The molecule has 76 valence electrons. The van der Waals surface area contributed by atoms with E-state index in [2.05, 4.69) is 10.1 Å². The molecule has 0 bridgehead atoms. The number of methoxy groups -OCH3 is 1. The molecular weight excluding hydrogens is 209 g/mol. The molecule has 1 N–H and O–H groups in total. The highest BCUT2D eigenvalue weighted by molar-refractivity contribution is 6.30. The third kappa shape index (κ3) is 2.88. The summed E-state index contributed by atoms with van der Waals surface area (Å²) in [5.74, 6) is -0.411. The Bertz CT molecular complexity index is 344. The fraction of sp³-hybridized carbons (Fsp3) is 0.222. The quantitative estimate of drug-likeness (QED) is 0.826. The van der Waals surface area contributed by atoms with Crippen molar-refractivity contribution in [2.75, 3.05) is 7.11 Å². The lowest BCUT2D eigenvalue weighted by Gasteiger charge is -2.05. The summed E-state index contributed by atoms with van der Waals surface area (Å²) in [5, 5.41) is 2.78. The van der Waals surface area contributed by atoms with Gasteiger partial charge in [-0.2, -0.15) is 0 Å². The highest BCUT2D eigenvalue weighted by Crippen LogP contribution is 2.14. The zero-order valence-corrected chi connectivity index (χ0v) is 8.27. The number of hydrogen-bond acceptors (Lipinski definition) is 2. The first kappa shape index (κ1) is 10.8. The van der Waals surface area contributed by atoms with E-state index in [1.54, 1.807) is 0 Å². The lowest BCUT2D eigenvalue weighted by molar-refractivity contribution is 0.170. The summed E-state index contributed by atoms with van der Waals surface area (Å²) in [5.41, 5.74) is 0.322. The van der Waals surface area contributed by atoms with Crippen molar-refractivity contribution in [3.8, 4) is 0 Å². The minimum absolute atomic E-state index is 0.0546. The van der Waals surface area contributed by atoms with Gasteiger partial charge in [0, 0.05) is 17.1 Å². The van der Waals surface area contributed by atoms with Gasteiger partial charge in [0.1, 0.15) is 5.82 Å². The minimum atomic E-state index is -0.607. The molecule has 1 amide bonds. The zero-order chi connectivity index (χ0) is 10.6. The van der Waals surface area contributed by atoms with Crippen molar-refractivity contribution < 1.29 is 13.9 Å². The molecule has 0 unspecified atom stereocenters. The number of nitrogens with one attached hydrogen (secondary N) is 1. The van der Waals surface area contributed by atoms with Gasteiger partial charge >= 0.3 is 6.09 Å². The van der Waals surface area contributed by atoms with Crippen molar-refractivity contribution in [2.24, 2.45) is 0 Å². The van der Waals surface area contributed by atoms with Gasteiger partial charge in [0.15, 0.2) is 0 Å². The maximum atomic E-state index is 13.1. The molecule has 0 aliphatic carbocycles. The summed E-state index contributed by atoms with van der Waals surface area (Å²) in [6, 6.07) is 4.14. The Morgan fingerprint density at radius 2 is 2.36 bits per heavy atom. The summed E-state index contributed by atoms with van der Waals surface area (Å²) in [6.07, 6.45) is -0.607. The SMILES string of the molecule is COC(=O)NCc1cc(Cl)ccc1F. The van der Waals surface area contributed by atoms with Crippen LogP contribution >= 0.6 is 11.6 Å². The van der Waals surface area contributed by atoms with Crippen LogP contribution in [-0.2, 0) is 11.3 Å². The highest BCUT2D eigenvalue weighted by atomic mass is 35.5. The fourth-order valence-corrected chi connectivity index (χ4v) is 1.11. The molecule has 1 rings (SSSR count). The molecule has 0 aliphatic rings. The van der Waals surface area contributed by atoms with Gasteiger partial charge in [0.25, 0.3) is 0 Å². The lowest BCUT2D eigenvalue weighted by Crippen LogP contribution is -2.22. The summed E-state index contributed by atoms with van der Waals surface area (Å²) in [4.78, 5) is 10.7. The van der Waals surface area contributed by atoms with Gasteiger partial charge in [-0.15, -0.1) is 0 Å². The Morgan fingerprint density at radius 1 is 1.64 bits per heavy atom. The van der Waals surface area contributed by atoms with Crippen LogP contribution in [0.1, 0.15) is 5.56 Å².